The normalized spacial score (nSPS) is 37.5. The van der Waals surface area contributed by atoms with Crippen molar-refractivity contribution in [2.75, 3.05) is 6.61 Å². The second-order valence-corrected chi connectivity index (χ2v) is 3.17. The SMILES string of the molecule is [CH2]C1COC2(CCCC2)O1. The molecule has 1 radical (unpaired) electrons. The van der Waals surface area contributed by atoms with Gasteiger partial charge in [0.15, 0.2) is 5.79 Å². The van der Waals surface area contributed by atoms with E-state index in [0.29, 0.717) is 6.61 Å². The molecule has 2 aliphatic rings. The molecule has 2 fully saturated rings. The lowest BCUT2D eigenvalue weighted by Gasteiger charge is -2.20. The summed E-state index contributed by atoms with van der Waals surface area (Å²) in [6, 6.07) is 0. The third-order valence-electron chi connectivity index (χ3n) is 2.28. The van der Waals surface area contributed by atoms with Crippen LogP contribution in [0.2, 0.25) is 0 Å². The average molecular weight is 141 g/mol. The molecule has 1 unspecified atom stereocenters. The molecule has 1 heterocycles. The van der Waals surface area contributed by atoms with E-state index in [0.717, 1.165) is 12.8 Å². The van der Waals surface area contributed by atoms with Gasteiger partial charge in [-0.1, -0.05) is 0 Å². The van der Waals surface area contributed by atoms with Gasteiger partial charge in [0.2, 0.25) is 0 Å². The Morgan fingerprint density at radius 2 is 2.00 bits per heavy atom. The highest BCUT2D eigenvalue weighted by Gasteiger charge is 2.41. The quantitative estimate of drug-likeness (QED) is 0.509. The van der Waals surface area contributed by atoms with E-state index in [1.807, 2.05) is 0 Å². The Balaban J connectivity index is 2.03. The fraction of sp³-hybridized carbons (Fsp3) is 0.875. The van der Waals surface area contributed by atoms with Crippen LogP contribution in [-0.4, -0.2) is 18.5 Å². The van der Waals surface area contributed by atoms with Crippen molar-refractivity contribution in [2.45, 2.75) is 37.6 Å². The minimum Gasteiger partial charge on any atom is -0.347 e. The van der Waals surface area contributed by atoms with Crippen LogP contribution in [0.5, 0.6) is 0 Å². The zero-order valence-corrected chi connectivity index (χ0v) is 6.14. The second-order valence-electron chi connectivity index (χ2n) is 3.17. The molecular weight excluding hydrogens is 128 g/mol. The van der Waals surface area contributed by atoms with E-state index in [4.69, 9.17) is 9.47 Å². The lowest BCUT2D eigenvalue weighted by Crippen LogP contribution is -2.25. The van der Waals surface area contributed by atoms with E-state index in [9.17, 15) is 0 Å². The number of ether oxygens (including phenoxy) is 2. The summed E-state index contributed by atoms with van der Waals surface area (Å²) in [5.41, 5.74) is 0. The molecule has 1 saturated carbocycles. The minimum absolute atomic E-state index is 0.0677. The van der Waals surface area contributed by atoms with Crippen molar-refractivity contribution in [1.29, 1.82) is 0 Å². The van der Waals surface area contributed by atoms with Crippen molar-refractivity contribution in [3.05, 3.63) is 6.92 Å². The van der Waals surface area contributed by atoms with Crippen LogP contribution in [0.1, 0.15) is 25.7 Å². The van der Waals surface area contributed by atoms with E-state index >= 15 is 0 Å². The summed E-state index contributed by atoms with van der Waals surface area (Å²) in [6.07, 6.45) is 4.69. The molecule has 2 rings (SSSR count). The molecule has 1 spiro atoms. The van der Waals surface area contributed by atoms with Gasteiger partial charge in [-0.05, 0) is 19.8 Å². The number of hydrogen-bond donors (Lipinski definition) is 0. The van der Waals surface area contributed by atoms with Gasteiger partial charge in [0.25, 0.3) is 0 Å². The Morgan fingerprint density at radius 3 is 2.50 bits per heavy atom. The van der Waals surface area contributed by atoms with Gasteiger partial charge in [-0.25, -0.2) is 0 Å². The first kappa shape index (κ1) is 6.62. The van der Waals surface area contributed by atoms with E-state index in [1.165, 1.54) is 12.8 Å². The van der Waals surface area contributed by atoms with E-state index in [2.05, 4.69) is 6.92 Å². The first-order valence-electron chi connectivity index (χ1n) is 3.96. The Morgan fingerprint density at radius 1 is 1.30 bits per heavy atom. The van der Waals surface area contributed by atoms with Crippen LogP contribution >= 0.6 is 0 Å². The average Bonchev–Trinajstić information content (AvgIpc) is 2.46. The monoisotopic (exact) mass is 141 g/mol. The van der Waals surface area contributed by atoms with Gasteiger partial charge in [0.1, 0.15) is 0 Å². The maximum atomic E-state index is 5.58. The van der Waals surface area contributed by atoms with Crippen LogP contribution in [0.15, 0.2) is 0 Å². The molecule has 57 valence electrons. The molecule has 2 nitrogen and oxygen atoms in total. The summed E-state index contributed by atoms with van der Waals surface area (Å²) in [6.45, 7) is 4.49. The molecule has 1 aliphatic heterocycles. The summed E-state index contributed by atoms with van der Waals surface area (Å²) in [7, 11) is 0. The van der Waals surface area contributed by atoms with Crippen LogP contribution in [0.25, 0.3) is 0 Å². The molecule has 1 atom stereocenters. The minimum atomic E-state index is -0.202. The Labute approximate surface area is 61.5 Å². The zero-order chi connectivity index (χ0) is 7.03. The molecule has 0 amide bonds. The van der Waals surface area contributed by atoms with Crippen molar-refractivity contribution in [3.63, 3.8) is 0 Å². The highest BCUT2D eigenvalue weighted by molar-refractivity contribution is 4.84. The number of hydrogen-bond acceptors (Lipinski definition) is 2. The maximum Gasteiger partial charge on any atom is 0.168 e. The van der Waals surface area contributed by atoms with Crippen molar-refractivity contribution in [2.24, 2.45) is 0 Å². The van der Waals surface area contributed by atoms with Crippen molar-refractivity contribution < 1.29 is 9.47 Å². The van der Waals surface area contributed by atoms with Gasteiger partial charge >= 0.3 is 0 Å². The summed E-state index contributed by atoms with van der Waals surface area (Å²) in [5, 5.41) is 0. The largest absolute Gasteiger partial charge is 0.347 e. The molecule has 0 aromatic heterocycles. The molecule has 0 aromatic carbocycles. The summed E-state index contributed by atoms with van der Waals surface area (Å²) < 4.78 is 11.1. The van der Waals surface area contributed by atoms with Crippen LogP contribution in [-0.2, 0) is 9.47 Å². The van der Waals surface area contributed by atoms with Crippen LogP contribution in [0.4, 0.5) is 0 Å². The molecule has 1 aliphatic carbocycles. The maximum absolute atomic E-state index is 5.58. The predicted octanol–water partition coefficient (Wildman–Crippen LogP) is 1.51. The third kappa shape index (κ3) is 0.956. The first-order chi connectivity index (χ1) is 4.81. The molecule has 0 bridgehead atoms. The third-order valence-corrected chi connectivity index (χ3v) is 2.28. The standard InChI is InChI=1S/C8H13O2/c1-7-6-9-8(10-7)4-2-3-5-8/h7H,1-6H2. The van der Waals surface area contributed by atoms with Gasteiger partial charge in [-0.2, -0.15) is 0 Å². The highest BCUT2D eigenvalue weighted by atomic mass is 16.7. The molecule has 0 N–H and O–H groups in total. The second kappa shape index (κ2) is 2.21. The van der Waals surface area contributed by atoms with Crippen molar-refractivity contribution in [1.82, 2.24) is 0 Å². The fourth-order valence-corrected chi connectivity index (χ4v) is 1.79. The topological polar surface area (TPSA) is 18.5 Å². The summed E-state index contributed by atoms with van der Waals surface area (Å²) in [5.74, 6) is -0.202. The van der Waals surface area contributed by atoms with Crippen LogP contribution in [0, 0.1) is 6.92 Å². The smallest absolute Gasteiger partial charge is 0.168 e. The molecule has 2 heteroatoms. The Bertz CT molecular complexity index is 127. The van der Waals surface area contributed by atoms with Gasteiger partial charge in [-0.15, -0.1) is 0 Å². The van der Waals surface area contributed by atoms with Gasteiger partial charge in [0, 0.05) is 12.8 Å². The summed E-state index contributed by atoms with van der Waals surface area (Å²) >= 11 is 0. The van der Waals surface area contributed by atoms with Crippen LogP contribution < -0.4 is 0 Å². The Hall–Kier alpha value is -0.0800. The Kier molecular flexibility index (Phi) is 1.46. The fourth-order valence-electron chi connectivity index (χ4n) is 1.79. The lowest BCUT2D eigenvalue weighted by atomic mass is 10.2. The van der Waals surface area contributed by atoms with Gasteiger partial charge in [0.05, 0.1) is 12.7 Å². The number of rotatable bonds is 0. The van der Waals surface area contributed by atoms with Gasteiger partial charge in [-0.3, -0.25) is 0 Å². The molecule has 0 aromatic rings. The van der Waals surface area contributed by atoms with Crippen molar-refractivity contribution >= 4 is 0 Å². The highest BCUT2D eigenvalue weighted by Crippen LogP contribution is 2.38. The predicted molar refractivity (Wildman–Crippen MR) is 37.4 cm³/mol. The van der Waals surface area contributed by atoms with Gasteiger partial charge < -0.3 is 9.47 Å². The van der Waals surface area contributed by atoms with E-state index in [-0.39, 0.29) is 11.9 Å². The molecule has 10 heavy (non-hydrogen) atoms. The van der Waals surface area contributed by atoms with E-state index < -0.39 is 0 Å². The summed E-state index contributed by atoms with van der Waals surface area (Å²) in [4.78, 5) is 0. The zero-order valence-electron chi connectivity index (χ0n) is 6.14. The lowest BCUT2D eigenvalue weighted by molar-refractivity contribution is -0.157. The molecule has 1 saturated heterocycles. The molecular formula is C8H13O2. The van der Waals surface area contributed by atoms with Crippen molar-refractivity contribution in [3.8, 4) is 0 Å². The van der Waals surface area contributed by atoms with E-state index in [1.54, 1.807) is 0 Å². The first-order valence-corrected chi connectivity index (χ1v) is 3.96. The van der Waals surface area contributed by atoms with Crippen LogP contribution in [0.3, 0.4) is 0 Å².